The molecule has 34 heavy (non-hydrogen) atoms. The molecule has 0 N–H and O–H groups in total. The number of Topliss-reactive ketones (excluding diaryl/α,β-unsaturated/α-hetero) is 1. The van der Waals surface area contributed by atoms with Gasteiger partial charge in [0.25, 0.3) is 0 Å². The lowest BCUT2D eigenvalue weighted by atomic mass is 10.1. The summed E-state index contributed by atoms with van der Waals surface area (Å²) >= 11 is 6.08. The zero-order chi connectivity index (χ0) is 24.4. The molecule has 0 aliphatic carbocycles. The molecule has 3 aromatic rings. The average molecular weight is 485 g/mol. The molecule has 0 saturated carbocycles. The molecule has 1 heterocycles. The number of carbonyl (C=O) groups is 1. The Labute approximate surface area is 201 Å². The van der Waals surface area contributed by atoms with Gasteiger partial charge in [-0.2, -0.15) is 0 Å². The van der Waals surface area contributed by atoms with Gasteiger partial charge in [0.1, 0.15) is 23.9 Å². The lowest BCUT2D eigenvalue weighted by Gasteiger charge is -2.13. The van der Waals surface area contributed by atoms with Gasteiger partial charge in [0.2, 0.25) is 11.5 Å². The standard InChI is InChI=1S/C26H22ClFO6/c1-14-20(33-13-17-18(27)6-5-7-19(17)28)9-8-16-24(29)21(34-25(14)16)10-15-11-22(30-2)26(32-4)23(12-15)31-3/h5-12H,13H2,1-4H3/b21-10-. The first kappa shape index (κ1) is 23.4. The van der Waals surface area contributed by atoms with Gasteiger partial charge in [-0.1, -0.05) is 17.7 Å². The molecule has 0 radical (unpaired) electrons. The van der Waals surface area contributed by atoms with Crippen LogP contribution in [0.1, 0.15) is 27.0 Å². The van der Waals surface area contributed by atoms with Crippen LogP contribution in [0, 0.1) is 12.7 Å². The van der Waals surface area contributed by atoms with E-state index in [0.717, 1.165) is 0 Å². The van der Waals surface area contributed by atoms with Gasteiger partial charge in [-0.3, -0.25) is 4.79 Å². The van der Waals surface area contributed by atoms with Crippen LogP contribution in [0.15, 0.2) is 48.2 Å². The Hall–Kier alpha value is -3.71. The second kappa shape index (κ2) is 9.65. The largest absolute Gasteiger partial charge is 0.493 e. The Morgan fingerprint density at radius 3 is 2.32 bits per heavy atom. The van der Waals surface area contributed by atoms with Crippen LogP contribution >= 0.6 is 11.6 Å². The van der Waals surface area contributed by atoms with Gasteiger partial charge in [0.15, 0.2) is 17.3 Å². The van der Waals surface area contributed by atoms with E-state index in [2.05, 4.69) is 0 Å². The first-order valence-corrected chi connectivity index (χ1v) is 10.7. The van der Waals surface area contributed by atoms with Crippen molar-refractivity contribution in [3.05, 3.63) is 81.3 Å². The summed E-state index contributed by atoms with van der Waals surface area (Å²) in [7, 11) is 4.54. The van der Waals surface area contributed by atoms with Crippen molar-refractivity contribution in [2.45, 2.75) is 13.5 Å². The molecule has 4 rings (SSSR count). The quantitative estimate of drug-likeness (QED) is 0.383. The van der Waals surface area contributed by atoms with Crippen molar-refractivity contribution in [2.75, 3.05) is 21.3 Å². The minimum Gasteiger partial charge on any atom is -0.493 e. The lowest BCUT2D eigenvalue weighted by molar-refractivity contribution is 0.101. The molecule has 1 aliphatic rings. The molecule has 0 aromatic heterocycles. The topological polar surface area (TPSA) is 63.2 Å². The summed E-state index contributed by atoms with van der Waals surface area (Å²) in [5.41, 5.74) is 1.91. The zero-order valence-electron chi connectivity index (χ0n) is 19.0. The van der Waals surface area contributed by atoms with Crippen LogP contribution in [0.25, 0.3) is 6.08 Å². The molecule has 8 heteroatoms. The van der Waals surface area contributed by atoms with Crippen molar-refractivity contribution in [2.24, 2.45) is 0 Å². The second-order valence-corrected chi connectivity index (χ2v) is 7.86. The number of benzene rings is 3. The Bertz CT molecular complexity index is 1260. The van der Waals surface area contributed by atoms with Crippen molar-refractivity contribution >= 4 is 23.5 Å². The number of halogens is 2. The molecule has 1 aliphatic heterocycles. The summed E-state index contributed by atoms with van der Waals surface area (Å²) in [6.07, 6.45) is 1.60. The Kier molecular flexibility index (Phi) is 6.65. The molecule has 0 saturated heterocycles. The number of hydrogen-bond acceptors (Lipinski definition) is 6. The van der Waals surface area contributed by atoms with Crippen molar-refractivity contribution in [3.63, 3.8) is 0 Å². The highest BCUT2D eigenvalue weighted by atomic mass is 35.5. The number of rotatable bonds is 7. The first-order valence-electron chi connectivity index (χ1n) is 10.3. The summed E-state index contributed by atoms with van der Waals surface area (Å²) in [4.78, 5) is 13.0. The van der Waals surface area contributed by atoms with Crippen LogP contribution in [0.2, 0.25) is 5.02 Å². The number of ketones is 1. The van der Waals surface area contributed by atoms with E-state index < -0.39 is 5.82 Å². The SMILES string of the molecule is COc1cc(/C=C2\Oc3c(ccc(OCc4c(F)cccc4Cl)c3C)C2=O)cc(OC)c1OC. The molecule has 0 amide bonds. The van der Waals surface area contributed by atoms with E-state index in [1.54, 1.807) is 43.3 Å². The average Bonchev–Trinajstić information content (AvgIpc) is 3.15. The van der Waals surface area contributed by atoms with Crippen LogP contribution in [-0.4, -0.2) is 27.1 Å². The molecule has 0 unspecified atom stereocenters. The maximum absolute atomic E-state index is 14.1. The molecule has 176 valence electrons. The van der Waals surface area contributed by atoms with Gasteiger partial charge < -0.3 is 23.7 Å². The second-order valence-electron chi connectivity index (χ2n) is 7.45. The van der Waals surface area contributed by atoms with E-state index in [1.165, 1.54) is 33.5 Å². The van der Waals surface area contributed by atoms with E-state index in [-0.39, 0.29) is 28.7 Å². The smallest absolute Gasteiger partial charge is 0.231 e. The summed E-state index contributed by atoms with van der Waals surface area (Å²) in [5.74, 6) is 1.62. The molecule has 3 aromatic carbocycles. The highest BCUT2D eigenvalue weighted by Crippen LogP contribution is 2.42. The maximum atomic E-state index is 14.1. The van der Waals surface area contributed by atoms with E-state index in [0.29, 0.717) is 45.4 Å². The normalized spacial score (nSPS) is 13.5. The van der Waals surface area contributed by atoms with Crippen LogP contribution in [0.3, 0.4) is 0 Å². The Morgan fingerprint density at radius 2 is 1.71 bits per heavy atom. The van der Waals surface area contributed by atoms with Gasteiger partial charge >= 0.3 is 0 Å². The van der Waals surface area contributed by atoms with Crippen molar-refractivity contribution in [3.8, 4) is 28.7 Å². The number of hydrogen-bond donors (Lipinski definition) is 0. The Balaban J connectivity index is 1.62. The molecular weight excluding hydrogens is 463 g/mol. The lowest BCUT2D eigenvalue weighted by Crippen LogP contribution is -2.01. The predicted octanol–water partition coefficient (Wildman–Crippen LogP) is 6.01. The molecule has 0 spiro atoms. The fraction of sp³-hybridized carbons (Fsp3) is 0.192. The predicted molar refractivity (Wildman–Crippen MR) is 126 cm³/mol. The number of ether oxygens (including phenoxy) is 5. The van der Waals surface area contributed by atoms with E-state index in [4.69, 9.17) is 35.3 Å². The number of allylic oxidation sites excluding steroid dienone is 1. The molecule has 0 fully saturated rings. The van der Waals surface area contributed by atoms with Crippen LogP contribution < -0.4 is 23.7 Å². The van der Waals surface area contributed by atoms with E-state index >= 15 is 0 Å². The summed E-state index contributed by atoms with van der Waals surface area (Å²) in [6.45, 7) is 1.71. The highest BCUT2D eigenvalue weighted by molar-refractivity contribution is 6.31. The zero-order valence-corrected chi connectivity index (χ0v) is 19.8. The fourth-order valence-corrected chi connectivity index (χ4v) is 3.90. The first-order chi connectivity index (χ1) is 16.4. The van der Waals surface area contributed by atoms with Crippen LogP contribution in [-0.2, 0) is 6.61 Å². The molecule has 0 atom stereocenters. The monoisotopic (exact) mass is 484 g/mol. The van der Waals surface area contributed by atoms with Gasteiger partial charge in [0, 0.05) is 11.1 Å². The summed E-state index contributed by atoms with van der Waals surface area (Å²) < 4.78 is 41.9. The summed E-state index contributed by atoms with van der Waals surface area (Å²) in [5, 5.41) is 0.279. The minimum absolute atomic E-state index is 0.0623. The maximum Gasteiger partial charge on any atom is 0.231 e. The van der Waals surface area contributed by atoms with E-state index in [9.17, 15) is 9.18 Å². The van der Waals surface area contributed by atoms with Gasteiger partial charge in [-0.25, -0.2) is 4.39 Å². The van der Waals surface area contributed by atoms with Crippen molar-refractivity contribution in [1.82, 2.24) is 0 Å². The highest BCUT2D eigenvalue weighted by Gasteiger charge is 2.30. The molecular formula is C26H22ClFO6. The van der Waals surface area contributed by atoms with Crippen LogP contribution in [0.4, 0.5) is 4.39 Å². The number of methoxy groups -OCH3 is 3. The molecule has 0 bridgehead atoms. The minimum atomic E-state index is -0.451. The van der Waals surface area contributed by atoms with Gasteiger partial charge in [-0.15, -0.1) is 0 Å². The van der Waals surface area contributed by atoms with Crippen molar-refractivity contribution in [1.29, 1.82) is 0 Å². The number of fused-ring (bicyclic) bond motifs is 1. The Morgan fingerprint density at radius 1 is 1.00 bits per heavy atom. The third kappa shape index (κ3) is 4.26. The molecule has 6 nitrogen and oxygen atoms in total. The van der Waals surface area contributed by atoms with Gasteiger partial charge in [-0.05, 0) is 55.0 Å². The van der Waals surface area contributed by atoms with Crippen molar-refractivity contribution < 1.29 is 32.9 Å². The summed E-state index contributed by atoms with van der Waals surface area (Å²) in [6, 6.07) is 11.2. The van der Waals surface area contributed by atoms with Gasteiger partial charge in [0.05, 0.1) is 31.9 Å². The van der Waals surface area contributed by atoms with E-state index in [1.807, 2.05) is 0 Å². The van der Waals surface area contributed by atoms with Crippen LogP contribution in [0.5, 0.6) is 28.7 Å². The number of carbonyl (C=O) groups excluding carboxylic acids is 1. The third-order valence-corrected chi connectivity index (χ3v) is 5.81. The third-order valence-electron chi connectivity index (χ3n) is 5.46. The fourth-order valence-electron chi connectivity index (χ4n) is 3.68.